The van der Waals surface area contributed by atoms with Gasteiger partial charge in [-0.2, -0.15) is 0 Å². The average molecular weight is 268 g/mol. The van der Waals surface area contributed by atoms with Crippen molar-refractivity contribution in [2.24, 2.45) is 5.73 Å². The highest BCUT2D eigenvalue weighted by atomic mass is 14.7. The topological polar surface area (TPSA) is 38.9 Å². The maximum absolute atomic E-state index is 5.91. The summed E-state index contributed by atoms with van der Waals surface area (Å²) in [6.45, 7) is 7.33. The lowest BCUT2D eigenvalue weighted by Gasteiger charge is -2.20. The number of aromatic nitrogens is 1. The van der Waals surface area contributed by atoms with Gasteiger partial charge in [-0.15, -0.1) is 0 Å². The third-order valence-corrected chi connectivity index (χ3v) is 3.69. The molecule has 2 nitrogen and oxygen atoms in total. The molecule has 1 atom stereocenters. The van der Waals surface area contributed by atoms with Crippen molar-refractivity contribution in [3.63, 3.8) is 0 Å². The Kier molecular flexibility index (Phi) is 4.56. The average Bonchev–Trinajstić information content (AvgIpc) is 2.45. The van der Waals surface area contributed by atoms with Gasteiger partial charge in [0.25, 0.3) is 0 Å². The molecule has 2 aromatic rings. The minimum Gasteiger partial charge on any atom is -0.330 e. The van der Waals surface area contributed by atoms with Crippen LogP contribution in [0, 0.1) is 0 Å². The van der Waals surface area contributed by atoms with Crippen LogP contribution in [0.2, 0.25) is 0 Å². The number of pyridine rings is 1. The third-order valence-electron chi connectivity index (χ3n) is 3.69. The lowest BCUT2D eigenvalue weighted by Crippen LogP contribution is -2.16. The summed E-state index contributed by atoms with van der Waals surface area (Å²) in [5, 5.41) is 0. The summed E-state index contributed by atoms with van der Waals surface area (Å²) in [4.78, 5) is 4.42. The Morgan fingerprint density at radius 3 is 2.25 bits per heavy atom. The van der Waals surface area contributed by atoms with Crippen LogP contribution in [0.15, 0.2) is 48.7 Å². The first kappa shape index (κ1) is 14.7. The monoisotopic (exact) mass is 268 g/mol. The number of nitrogens with zero attached hydrogens (tertiary/aromatic N) is 1. The third kappa shape index (κ3) is 3.67. The van der Waals surface area contributed by atoms with Gasteiger partial charge in [0.2, 0.25) is 0 Å². The van der Waals surface area contributed by atoms with E-state index in [0.717, 1.165) is 12.1 Å². The smallest absolute Gasteiger partial charge is 0.0450 e. The fraction of sp³-hybridized carbons (Fsp3) is 0.389. The van der Waals surface area contributed by atoms with E-state index in [4.69, 9.17) is 5.73 Å². The van der Waals surface area contributed by atoms with Crippen molar-refractivity contribution in [2.45, 2.75) is 38.5 Å². The summed E-state index contributed by atoms with van der Waals surface area (Å²) in [7, 11) is 0. The van der Waals surface area contributed by atoms with E-state index in [1.165, 1.54) is 11.1 Å². The Morgan fingerprint density at radius 2 is 1.75 bits per heavy atom. The fourth-order valence-corrected chi connectivity index (χ4v) is 2.35. The van der Waals surface area contributed by atoms with Crippen LogP contribution in [0.1, 0.15) is 43.5 Å². The maximum Gasteiger partial charge on any atom is 0.0450 e. The highest BCUT2D eigenvalue weighted by Crippen LogP contribution is 2.24. The number of hydrogen-bond acceptors (Lipinski definition) is 2. The van der Waals surface area contributed by atoms with Crippen LogP contribution in [0.4, 0.5) is 0 Å². The summed E-state index contributed by atoms with van der Waals surface area (Å²) in [5.74, 6) is 0.289. The molecule has 0 radical (unpaired) electrons. The minimum atomic E-state index is 0.201. The van der Waals surface area contributed by atoms with Gasteiger partial charge in [-0.3, -0.25) is 4.98 Å². The van der Waals surface area contributed by atoms with Crippen LogP contribution < -0.4 is 5.73 Å². The molecule has 0 spiro atoms. The zero-order valence-corrected chi connectivity index (χ0v) is 12.6. The molecule has 1 aromatic heterocycles. The molecule has 0 aliphatic heterocycles. The Morgan fingerprint density at radius 1 is 1.05 bits per heavy atom. The first-order valence-corrected chi connectivity index (χ1v) is 7.21. The molecule has 0 fully saturated rings. The van der Waals surface area contributed by atoms with Gasteiger partial charge in [0.15, 0.2) is 0 Å². The van der Waals surface area contributed by atoms with Crippen LogP contribution in [0.5, 0.6) is 0 Å². The second kappa shape index (κ2) is 6.19. The van der Waals surface area contributed by atoms with Gasteiger partial charge in [0.05, 0.1) is 0 Å². The van der Waals surface area contributed by atoms with Crippen LogP contribution in [-0.4, -0.2) is 11.5 Å². The zero-order valence-electron chi connectivity index (χ0n) is 12.6. The minimum absolute atomic E-state index is 0.201. The lowest BCUT2D eigenvalue weighted by molar-refractivity contribution is 0.589. The van der Waals surface area contributed by atoms with Gasteiger partial charge in [-0.05, 0) is 35.1 Å². The first-order chi connectivity index (χ1) is 9.50. The number of hydrogen-bond donors (Lipinski definition) is 1. The molecule has 0 saturated heterocycles. The molecular weight excluding hydrogens is 244 g/mol. The summed E-state index contributed by atoms with van der Waals surface area (Å²) < 4.78 is 0. The highest BCUT2D eigenvalue weighted by Gasteiger charge is 2.15. The van der Waals surface area contributed by atoms with E-state index in [0.29, 0.717) is 6.54 Å². The van der Waals surface area contributed by atoms with Crippen molar-refractivity contribution in [3.8, 4) is 0 Å². The molecule has 2 heteroatoms. The van der Waals surface area contributed by atoms with Crippen LogP contribution in [0.3, 0.4) is 0 Å². The summed E-state index contributed by atoms with van der Waals surface area (Å²) in [6.07, 6.45) is 2.78. The normalized spacial score (nSPS) is 13.2. The molecule has 20 heavy (non-hydrogen) atoms. The number of nitrogens with two attached hydrogens (primary N) is 1. The molecule has 0 amide bonds. The second-order valence-electron chi connectivity index (χ2n) is 6.34. The number of rotatable bonds is 4. The first-order valence-electron chi connectivity index (χ1n) is 7.21. The Bertz CT molecular complexity index is 524. The molecule has 0 aliphatic carbocycles. The van der Waals surface area contributed by atoms with E-state index in [-0.39, 0.29) is 11.3 Å². The molecule has 2 rings (SSSR count). The van der Waals surface area contributed by atoms with Crippen molar-refractivity contribution in [3.05, 3.63) is 65.5 Å². The standard InChI is InChI=1S/C18H24N2/c1-18(2,3)16-9-7-14(8-10-16)12-15(13-19)17-6-4-5-11-20-17/h4-11,15H,12-13,19H2,1-3H3. The predicted molar refractivity (Wildman–Crippen MR) is 84.9 cm³/mol. The molecule has 1 unspecified atom stereocenters. The predicted octanol–water partition coefficient (Wildman–Crippen LogP) is 3.66. The molecule has 106 valence electrons. The van der Waals surface area contributed by atoms with Crippen LogP contribution >= 0.6 is 0 Å². The van der Waals surface area contributed by atoms with E-state index in [9.17, 15) is 0 Å². The largest absolute Gasteiger partial charge is 0.330 e. The van der Waals surface area contributed by atoms with E-state index < -0.39 is 0 Å². The summed E-state index contributed by atoms with van der Waals surface area (Å²) in [5.41, 5.74) is 9.87. The Labute approximate surface area is 122 Å². The van der Waals surface area contributed by atoms with Gasteiger partial charge < -0.3 is 5.73 Å². The summed E-state index contributed by atoms with van der Waals surface area (Å²) in [6, 6.07) is 14.9. The van der Waals surface area contributed by atoms with Gasteiger partial charge in [-0.1, -0.05) is 51.1 Å². The number of benzene rings is 1. The fourth-order valence-electron chi connectivity index (χ4n) is 2.35. The molecule has 0 aliphatic rings. The second-order valence-corrected chi connectivity index (χ2v) is 6.34. The molecule has 2 N–H and O–H groups in total. The van der Waals surface area contributed by atoms with E-state index in [2.05, 4.69) is 56.1 Å². The molecule has 1 heterocycles. The highest BCUT2D eigenvalue weighted by molar-refractivity contribution is 5.29. The molecule has 0 bridgehead atoms. The molecular formula is C18H24N2. The van der Waals surface area contributed by atoms with Gasteiger partial charge in [-0.25, -0.2) is 0 Å². The SMILES string of the molecule is CC(C)(C)c1ccc(CC(CN)c2ccccn2)cc1. The van der Waals surface area contributed by atoms with Gasteiger partial charge >= 0.3 is 0 Å². The van der Waals surface area contributed by atoms with E-state index in [1.54, 1.807) is 0 Å². The van der Waals surface area contributed by atoms with E-state index in [1.807, 2.05) is 18.3 Å². The van der Waals surface area contributed by atoms with Crippen LogP contribution in [-0.2, 0) is 11.8 Å². The van der Waals surface area contributed by atoms with Crippen molar-refractivity contribution < 1.29 is 0 Å². The van der Waals surface area contributed by atoms with Crippen molar-refractivity contribution >= 4 is 0 Å². The lowest BCUT2D eigenvalue weighted by atomic mass is 9.86. The van der Waals surface area contributed by atoms with Crippen molar-refractivity contribution in [1.82, 2.24) is 4.98 Å². The van der Waals surface area contributed by atoms with Crippen molar-refractivity contribution in [2.75, 3.05) is 6.54 Å². The Balaban J connectivity index is 2.13. The molecule has 1 aromatic carbocycles. The van der Waals surface area contributed by atoms with Gasteiger partial charge in [0.1, 0.15) is 0 Å². The maximum atomic E-state index is 5.91. The van der Waals surface area contributed by atoms with Crippen LogP contribution in [0.25, 0.3) is 0 Å². The zero-order chi connectivity index (χ0) is 14.6. The Hall–Kier alpha value is -1.67. The van der Waals surface area contributed by atoms with Gasteiger partial charge in [0, 0.05) is 24.4 Å². The van der Waals surface area contributed by atoms with Crippen molar-refractivity contribution in [1.29, 1.82) is 0 Å². The molecule has 0 saturated carbocycles. The summed E-state index contributed by atoms with van der Waals surface area (Å²) >= 11 is 0. The van der Waals surface area contributed by atoms with E-state index >= 15 is 0 Å². The quantitative estimate of drug-likeness (QED) is 0.919.